The molecule has 0 spiro atoms. The van der Waals surface area contributed by atoms with Gasteiger partial charge in [0, 0.05) is 37.9 Å². The predicted molar refractivity (Wildman–Crippen MR) is 128 cm³/mol. The number of hydrogen-bond donors (Lipinski definition) is 1. The molecule has 0 saturated carbocycles. The van der Waals surface area contributed by atoms with Gasteiger partial charge in [-0.15, -0.1) is 0 Å². The smallest absolute Gasteiger partial charge is 0.257 e. The van der Waals surface area contributed by atoms with Crippen molar-refractivity contribution in [2.24, 2.45) is 0 Å². The first-order valence-electron chi connectivity index (χ1n) is 10.2. The van der Waals surface area contributed by atoms with Crippen LogP contribution >= 0.6 is 7.37 Å². The Morgan fingerprint density at radius 2 is 1.40 bits per heavy atom. The van der Waals surface area contributed by atoms with Gasteiger partial charge < -0.3 is 14.7 Å². The quantitative estimate of drug-likeness (QED) is 0.437. The molecule has 0 heterocycles. The highest BCUT2D eigenvalue weighted by atomic mass is 31.2. The molecule has 4 nitrogen and oxygen atoms in total. The summed E-state index contributed by atoms with van der Waals surface area (Å²) in [4.78, 5) is 2.02. The summed E-state index contributed by atoms with van der Waals surface area (Å²) in [6.07, 6.45) is 0. The van der Waals surface area contributed by atoms with E-state index in [1.54, 1.807) is 0 Å². The first-order chi connectivity index (χ1) is 14.3. The van der Waals surface area contributed by atoms with Gasteiger partial charge in [0.05, 0.1) is 0 Å². The zero-order chi connectivity index (χ0) is 21.7. The molecule has 0 aliphatic heterocycles. The van der Waals surface area contributed by atoms with Crippen LogP contribution in [0.3, 0.4) is 0 Å². The van der Waals surface area contributed by atoms with Crippen LogP contribution in [-0.4, -0.2) is 21.2 Å². The maximum absolute atomic E-state index is 14.3. The van der Waals surface area contributed by atoms with Crippen LogP contribution in [0.15, 0.2) is 78.9 Å². The van der Waals surface area contributed by atoms with Gasteiger partial charge in [0.25, 0.3) is 7.37 Å². The highest BCUT2D eigenvalue weighted by Crippen LogP contribution is 2.58. The van der Waals surface area contributed by atoms with Crippen LogP contribution in [0, 0.1) is 0 Å². The zero-order valence-corrected chi connectivity index (χ0v) is 19.3. The van der Waals surface area contributed by atoms with Crippen LogP contribution in [-0.2, 0) is 9.09 Å². The van der Waals surface area contributed by atoms with Gasteiger partial charge in [-0.05, 0) is 53.4 Å². The minimum atomic E-state index is -3.27. The summed E-state index contributed by atoms with van der Waals surface area (Å²) in [6.45, 7) is 4.34. The summed E-state index contributed by atoms with van der Waals surface area (Å²) < 4.78 is 20.1. The second-order valence-electron chi connectivity index (χ2n) is 7.92. The molecule has 0 unspecified atom stereocenters. The monoisotopic (exact) mass is 422 g/mol. The van der Waals surface area contributed by atoms with Gasteiger partial charge in [0.15, 0.2) is 0 Å². The number of anilines is 2. The first-order valence-corrected chi connectivity index (χ1v) is 11.9. The molecule has 3 aromatic carbocycles. The normalized spacial score (nSPS) is 14.2. The topological polar surface area (TPSA) is 41.6 Å². The van der Waals surface area contributed by atoms with E-state index in [4.69, 9.17) is 4.52 Å². The largest absolute Gasteiger partial charge is 0.378 e. The lowest BCUT2D eigenvalue weighted by Crippen LogP contribution is -2.20. The average Bonchev–Trinajstić information content (AvgIpc) is 2.78. The van der Waals surface area contributed by atoms with Crippen molar-refractivity contribution in [1.82, 2.24) is 0 Å². The number of hydrogen-bond acceptors (Lipinski definition) is 4. The van der Waals surface area contributed by atoms with Crippen LogP contribution in [0.4, 0.5) is 11.4 Å². The summed E-state index contributed by atoms with van der Waals surface area (Å²) in [5.74, 6) is -0.0660. The molecule has 0 fully saturated rings. The molecule has 3 aromatic rings. The molecule has 0 aliphatic carbocycles. The number of benzene rings is 3. The van der Waals surface area contributed by atoms with E-state index in [2.05, 4.69) is 43.4 Å². The molecule has 5 heteroatoms. The van der Waals surface area contributed by atoms with Gasteiger partial charge >= 0.3 is 0 Å². The van der Waals surface area contributed by atoms with E-state index in [1.165, 1.54) is 12.7 Å². The Bertz CT molecular complexity index is 984. The molecule has 30 heavy (non-hydrogen) atoms. The maximum atomic E-state index is 14.3. The minimum Gasteiger partial charge on any atom is -0.378 e. The number of para-hydroxylation sites is 1. The fraction of sp³-hybridized carbons (Fsp3) is 0.280. The molecule has 0 bridgehead atoms. The van der Waals surface area contributed by atoms with Gasteiger partial charge in [0.1, 0.15) is 5.78 Å². The summed E-state index contributed by atoms with van der Waals surface area (Å²) in [7, 11) is 2.24. The fourth-order valence-corrected chi connectivity index (χ4v) is 5.61. The first kappa shape index (κ1) is 22.1. The van der Waals surface area contributed by atoms with E-state index >= 15 is 0 Å². The van der Waals surface area contributed by atoms with Crippen molar-refractivity contribution in [3.8, 4) is 0 Å². The third-order valence-electron chi connectivity index (χ3n) is 5.33. The predicted octanol–water partition coefficient (Wildman–Crippen LogP) is 6.24. The van der Waals surface area contributed by atoms with Crippen molar-refractivity contribution in [2.75, 3.05) is 31.4 Å². The SMILES string of the molecule is CO[P@@](=O)(c1ccc(N(C)C)cc1)[C@H](Nc1ccccc1)c1ccc(C(C)C)cc1. The van der Waals surface area contributed by atoms with Crippen molar-refractivity contribution in [3.63, 3.8) is 0 Å². The third kappa shape index (κ3) is 4.77. The second kappa shape index (κ2) is 9.51. The molecule has 158 valence electrons. The van der Waals surface area contributed by atoms with E-state index in [-0.39, 0.29) is 0 Å². The lowest BCUT2D eigenvalue weighted by molar-refractivity contribution is 0.396. The lowest BCUT2D eigenvalue weighted by atomic mass is 10.0. The molecule has 2 atom stereocenters. The molecule has 0 amide bonds. The van der Waals surface area contributed by atoms with E-state index in [1.807, 2.05) is 73.6 Å². The van der Waals surface area contributed by atoms with Gasteiger partial charge in [-0.2, -0.15) is 0 Å². The number of rotatable bonds is 8. The molecule has 1 N–H and O–H groups in total. The summed E-state index contributed by atoms with van der Waals surface area (Å²) >= 11 is 0. The summed E-state index contributed by atoms with van der Waals surface area (Å²) in [5, 5.41) is 4.16. The van der Waals surface area contributed by atoms with Crippen LogP contribution < -0.4 is 15.5 Å². The van der Waals surface area contributed by atoms with Crippen LogP contribution in [0.2, 0.25) is 0 Å². The maximum Gasteiger partial charge on any atom is 0.257 e. The Morgan fingerprint density at radius 3 is 1.90 bits per heavy atom. The Morgan fingerprint density at radius 1 is 0.833 bits per heavy atom. The van der Waals surface area contributed by atoms with Crippen molar-refractivity contribution < 1.29 is 9.09 Å². The van der Waals surface area contributed by atoms with Crippen molar-refractivity contribution in [1.29, 1.82) is 0 Å². The van der Waals surface area contributed by atoms with E-state index in [0.29, 0.717) is 11.2 Å². The Balaban J connectivity index is 2.07. The minimum absolute atomic E-state index is 0.437. The van der Waals surface area contributed by atoms with Crippen molar-refractivity contribution in [2.45, 2.75) is 25.5 Å². The van der Waals surface area contributed by atoms with Crippen LogP contribution in [0.1, 0.15) is 36.7 Å². The second-order valence-corrected chi connectivity index (χ2v) is 10.5. The zero-order valence-electron chi connectivity index (χ0n) is 18.4. The summed E-state index contributed by atoms with van der Waals surface area (Å²) in [5.41, 5.74) is 4.14. The van der Waals surface area contributed by atoms with Gasteiger partial charge in [-0.1, -0.05) is 56.3 Å². The van der Waals surface area contributed by atoms with Gasteiger partial charge in [-0.25, -0.2) is 0 Å². The molecule has 0 aromatic heterocycles. The Labute approximate surface area is 180 Å². The number of nitrogens with one attached hydrogen (secondary N) is 1. The summed E-state index contributed by atoms with van der Waals surface area (Å²) in [6, 6.07) is 25.9. The average molecular weight is 423 g/mol. The Hall–Kier alpha value is -2.55. The molecule has 0 saturated heterocycles. The highest BCUT2D eigenvalue weighted by molar-refractivity contribution is 7.67. The lowest BCUT2D eigenvalue weighted by Gasteiger charge is -2.29. The standard InChI is InChI=1S/C25H31N2O2P/c1-19(2)20-11-13-21(14-12-20)25(26-22-9-7-6-8-10-22)30(28,29-5)24-17-15-23(16-18-24)27(3)4/h6-19,25-26H,1-5H3/t25-,30-/m0/s1. The Kier molecular flexibility index (Phi) is 7.02. The molecular formula is C25H31N2O2P. The molecule has 0 radical (unpaired) electrons. The number of nitrogens with zero attached hydrogens (tertiary/aromatic N) is 1. The van der Waals surface area contributed by atoms with Gasteiger partial charge in [-0.3, -0.25) is 4.57 Å². The highest BCUT2D eigenvalue weighted by Gasteiger charge is 2.37. The molecule has 0 aliphatic rings. The van der Waals surface area contributed by atoms with Crippen molar-refractivity contribution in [3.05, 3.63) is 90.0 Å². The van der Waals surface area contributed by atoms with E-state index in [9.17, 15) is 4.57 Å². The van der Waals surface area contributed by atoms with Gasteiger partial charge in [0.2, 0.25) is 0 Å². The van der Waals surface area contributed by atoms with E-state index in [0.717, 1.165) is 16.9 Å². The molecule has 3 rings (SSSR count). The molecular weight excluding hydrogens is 391 g/mol. The van der Waals surface area contributed by atoms with Crippen LogP contribution in [0.5, 0.6) is 0 Å². The fourth-order valence-electron chi connectivity index (χ4n) is 3.44. The third-order valence-corrected chi connectivity index (χ3v) is 8.00. The van der Waals surface area contributed by atoms with E-state index < -0.39 is 13.2 Å². The van der Waals surface area contributed by atoms with Crippen LogP contribution in [0.25, 0.3) is 0 Å². The van der Waals surface area contributed by atoms with Crippen molar-refractivity contribution >= 4 is 24.0 Å².